The summed E-state index contributed by atoms with van der Waals surface area (Å²) < 4.78 is 0. The molecule has 1 nitrogen and oxygen atoms in total. The fraction of sp³-hybridized carbons (Fsp3) is 0.182. The van der Waals surface area contributed by atoms with Crippen LogP contribution in [0.25, 0.3) is 10.8 Å². The summed E-state index contributed by atoms with van der Waals surface area (Å²) in [6.07, 6.45) is 4.66. The lowest BCUT2D eigenvalue weighted by atomic mass is 10.1. The van der Waals surface area contributed by atoms with Gasteiger partial charge in [0.05, 0.1) is 0 Å². The predicted octanol–water partition coefficient (Wildman–Crippen LogP) is 3.02. The van der Waals surface area contributed by atoms with Crippen molar-refractivity contribution in [2.75, 3.05) is 5.88 Å². The Labute approximate surface area is 82.4 Å². The molecular weight excluding hydrogens is 182 g/mol. The van der Waals surface area contributed by atoms with Crippen molar-refractivity contribution in [3.63, 3.8) is 0 Å². The highest BCUT2D eigenvalue weighted by molar-refractivity contribution is 6.18. The van der Waals surface area contributed by atoms with E-state index >= 15 is 0 Å². The number of fused-ring (bicyclic) bond motifs is 1. The molecule has 0 atom stereocenters. The summed E-state index contributed by atoms with van der Waals surface area (Å²) >= 11 is 5.71. The van der Waals surface area contributed by atoms with Crippen LogP contribution in [-0.2, 0) is 6.42 Å². The average Bonchev–Trinajstić information content (AvgIpc) is 2.19. The molecule has 1 aromatic carbocycles. The third kappa shape index (κ3) is 1.65. The highest BCUT2D eigenvalue weighted by atomic mass is 35.5. The molecule has 0 spiro atoms. The van der Waals surface area contributed by atoms with E-state index in [2.05, 4.69) is 17.1 Å². The first-order valence-electron chi connectivity index (χ1n) is 4.29. The maximum absolute atomic E-state index is 5.71. The molecule has 1 heterocycles. The van der Waals surface area contributed by atoms with Crippen molar-refractivity contribution in [2.24, 2.45) is 0 Å². The Bertz CT molecular complexity index is 406. The van der Waals surface area contributed by atoms with Crippen LogP contribution in [0.5, 0.6) is 0 Å². The monoisotopic (exact) mass is 191 g/mol. The molecule has 66 valence electrons. The molecule has 0 aliphatic carbocycles. The SMILES string of the molecule is ClCCc1cncc2ccccc12. The summed E-state index contributed by atoms with van der Waals surface area (Å²) in [5.74, 6) is 0.648. The molecule has 0 bridgehead atoms. The van der Waals surface area contributed by atoms with Gasteiger partial charge >= 0.3 is 0 Å². The zero-order chi connectivity index (χ0) is 9.10. The van der Waals surface area contributed by atoms with Crippen molar-refractivity contribution in [3.05, 3.63) is 42.2 Å². The molecule has 0 unspecified atom stereocenters. The van der Waals surface area contributed by atoms with Crippen molar-refractivity contribution < 1.29 is 0 Å². The van der Waals surface area contributed by atoms with Crippen molar-refractivity contribution in [2.45, 2.75) is 6.42 Å². The molecule has 2 heteroatoms. The number of aryl methyl sites for hydroxylation is 1. The first kappa shape index (κ1) is 8.52. The van der Waals surface area contributed by atoms with Crippen molar-refractivity contribution in [1.82, 2.24) is 4.98 Å². The number of nitrogens with zero attached hydrogens (tertiary/aromatic N) is 1. The fourth-order valence-corrected chi connectivity index (χ4v) is 1.68. The second-order valence-corrected chi connectivity index (χ2v) is 3.34. The van der Waals surface area contributed by atoms with Gasteiger partial charge in [-0.2, -0.15) is 0 Å². The van der Waals surface area contributed by atoms with Crippen molar-refractivity contribution in [3.8, 4) is 0 Å². The molecule has 0 radical (unpaired) electrons. The maximum atomic E-state index is 5.71. The number of aromatic nitrogens is 1. The molecule has 2 rings (SSSR count). The molecule has 2 aromatic rings. The third-order valence-corrected chi connectivity index (χ3v) is 2.30. The minimum atomic E-state index is 0.648. The van der Waals surface area contributed by atoms with E-state index in [1.807, 2.05) is 24.5 Å². The van der Waals surface area contributed by atoms with Gasteiger partial charge in [0, 0.05) is 23.7 Å². The number of hydrogen-bond donors (Lipinski definition) is 0. The lowest BCUT2D eigenvalue weighted by Gasteiger charge is -2.02. The Hall–Kier alpha value is -1.08. The normalized spacial score (nSPS) is 10.5. The number of pyridine rings is 1. The standard InChI is InChI=1S/C11H10ClN/c12-6-5-10-8-13-7-9-3-1-2-4-11(9)10/h1-4,7-8H,5-6H2. The number of benzene rings is 1. The molecule has 1 aromatic heterocycles. The summed E-state index contributed by atoms with van der Waals surface area (Å²) in [5.41, 5.74) is 1.23. The Kier molecular flexibility index (Phi) is 2.46. The zero-order valence-electron chi connectivity index (χ0n) is 7.20. The third-order valence-electron chi connectivity index (χ3n) is 2.11. The first-order chi connectivity index (χ1) is 6.42. The van der Waals surface area contributed by atoms with Gasteiger partial charge in [-0.25, -0.2) is 0 Å². The second-order valence-electron chi connectivity index (χ2n) is 2.96. The minimum absolute atomic E-state index is 0.648. The van der Waals surface area contributed by atoms with Crippen LogP contribution >= 0.6 is 11.6 Å². The average molecular weight is 192 g/mol. The highest BCUT2D eigenvalue weighted by Crippen LogP contribution is 2.17. The number of rotatable bonds is 2. The molecule has 0 saturated carbocycles. The molecule has 0 aliphatic rings. The van der Waals surface area contributed by atoms with Crippen LogP contribution in [0.2, 0.25) is 0 Å². The summed E-state index contributed by atoms with van der Waals surface area (Å²) in [5, 5.41) is 2.45. The van der Waals surface area contributed by atoms with E-state index in [0.717, 1.165) is 6.42 Å². The summed E-state index contributed by atoms with van der Waals surface area (Å²) in [4.78, 5) is 4.17. The van der Waals surface area contributed by atoms with Crippen LogP contribution in [0.15, 0.2) is 36.7 Å². The van der Waals surface area contributed by atoms with Crippen LogP contribution in [0.1, 0.15) is 5.56 Å². The Balaban J connectivity index is 2.61. The van der Waals surface area contributed by atoms with Crippen molar-refractivity contribution >= 4 is 22.4 Å². The van der Waals surface area contributed by atoms with Crippen LogP contribution in [0.4, 0.5) is 0 Å². The lowest BCUT2D eigenvalue weighted by Crippen LogP contribution is -1.89. The number of halogens is 1. The Morgan fingerprint density at radius 1 is 1.15 bits per heavy atom. The fourth-order valence-electron chi connectivity index (χ4n) is 1.48. The van der Waals surface area contributed by atoms with E-state index in [4.69, 9.17) is 11.6 Å². The molecule has 0 N–H and O–H groups in total. The van der Waals surface area contributed by atoms with Gasteiger partial charge < -0.3 is 0 Å². The predicted molar refractivity (Wildman–Crippen MR) is 56.2 cm³/mol. The Morgan fingerprint density at radius 3 is 2.85 bits per heavy atom. The summed E-state index contributed by atoms with van der Waals surface area (Å²) in [7, 11) is 0. The largest absolute Gasteiger partial charge is 0.264 e. The molecule has 13 heavy (non-hydrogen) atoms. The molecule has 0 amide bonds. The van der Waals surface area contributed by atoms with E-state index in [9.17, 15) is 0 Å². The topological polar surface area (TPSA) is 12.9 Å². The van der Waals surface area contributed by atoms with Gasteiger partial charge in [0.25, 0.3) is 0 Å². The van der Waals surface area contributed by atoms with Gasteiger partial charge in [0.1, 0.15) is 0 Å². The van der Waals surface area contributed by atoms with E-state index in [-0.39, 0.29) is 0 Å². The highest BCUT2D eigenvalue weighted by Gasteiger charge is 1.98. The van der Waals surface area contributed by atoms with Gasteiger partial charge in [-0.3, -0.25) is 4.98 Å². The maximum Gasteiger partial charge on any atom is 0.0346 e. The first-order valence-corrected chi connectivity index (χ1v) is 4.83. The van der Waals surface area contributed by atoms with E-state index in [0.29, 0.717) is 5.88 Å². The van der Waals surface area contributed by atoms with Gasteiger partial charge in [-0.05, 0) is 17.4 Å². The van der Waals surface area contributed by atoms with Crippen LogP contribution < -0.4 is 0 Å². The van der Waals surface area contributed by atoms with E-state index in [1.54, 1.807) is 0 Å². The minimum Gasteiger partial charge on any atom is -0.264 e. The molecule has 0 saturated heterocycles. The smallest absolute Gasteiger partial charge is 0.0346 e. The zero-order valence-corrected chi connectivity index (χ0v) is 7.96. The van der Waals surface area contributed by atoms with Gasteiger partial charge in [0.15, 0.2) is 0 Å². The lowest BCUT2D eigenvalue weighted by molar-refractivity contribution is 1.14. The van der Waals surface area contributed by atoms with Crippen LogP contribution in [0.3, 0.4) is 0 Å². The second kappa shape index (κ2) is 3.75. The number of alkyl halides is 1. The van der Waals surface area contributed by atoms with Crippen molar-refractivity contribution in [1.29, 1.82) is 0 Å². The quantitative estimate of drug-likeness (QED) is 0.665. The molecular formula is C11H10ClN. The van der Waals surface area contributed by atoms with Gasteiger partial charge in [-0.15, -0.1) is 11.6 Å². The van der Waals surface area contributed by atoms with Crippen LogP contribution in [-0.4, -0.2) is 10.9 Å². The Morgan fingerprint density at radius 2 is 2.00 bits per heavy atom. The molecule has 0 aliphatic heterocycles. The van der Waals surface area contributed by atoms with Gasteiger partial charge in [-0.1, -0.05) is 24.3 Å². The van der Waals surface area contributed by atoms with Gasteiger partial charge in [0.2, 0.25) is 0 Å². The summed E-state index contributed by atoms with van der Waals surface area (Å²) in [6, 6.07) is 8.24. The van der Waals surface area contributed by atoms with E-state index < -0.39 is 0 Å². The molecule has 0 fully saturated rings. The van der Waals surface area contributed by atoms with E-state index in [1.165, 1.54) is 16.3 Å². The summed E-state index contributed by atoms with van der Waals surface area (Å²) in [6.45, 7) is 0. The van der Waals surface area contributed by atoms with Crippen LogP contribution in [0, 0.1) is 0 Å². The number of hydrogen-bond acceptors (Lipinski definition) is 1.